The van der Waals surface area contributed by atoms with Gasteiger partial charge in [0.1, 0.15) is 0 Å². The smallest absolute Gasteiger partial charge is 0.315 e. The van der Waals surface area contributed by atoms with Crippen LogP contribution in [-0.2, 0) is 4.74 Å². The molecule has 0 bridgehead atoms. The van der Waals surface area contributed by atoms with E-state index in [1.54, 1.807) is 0 Å². The third kappa shape index (κ3) is 3.57. The summed E-state index contributed by atoms with van der Waals surface area (Å²) in [4.78, 5) is 11.6. The largest absolute Gasteiger partial charge is 0.379 e. The number of carbonyl (C=O) groups is 1. The first-order chi connectivity index (χ1) is 8.29. The zero-order chi connectivity index (χ0) is 12.1. The minimum Gasteiger partial charge on any atom is -0.379 e. The van der Waals surface area contributed by atoms with Crippen molar-refractivity contribution in [2.75, 3.05) is 26.3 Å². The van der Waals surface area contributed by atoms with Gasteiger partial charge in [0, 0.05) is 13.2 Å². The van der Waals surface area contributed by atoms with Gasteiger partial charge in [-0.15, -0.1) is 0 Å². The molecule has 3 unspecified atom stereocenters. The summed E-state index contributed by atoms with van der Waals surface area (Å²) in [5, 5.41) is 5.88. The first kappa shape index (κ1) is 12.6. The summed E-state index contributed by atoms with van der Waals surface area (Å²) >= 11 is 0. The van der Waals surface area contributed by atoms with E-state index in [1.165, 1.54) is 19.3 Å². The third-order valence-electron chi connectivity index (χ3n) is 3.91. The van der Waals surface area contributed by atoms with Gasteiger partial charge in [-0.1, -0.05) is 6.42 Å². The Kier molecular flexibility index (Phi) is 4.62. The molecule has 0 spiro atoms. The predicted molar refractivity (Wildman–Crippen MR) is 65.6 cm³/mol. The van der Waals surface area contributed by atoms with Crippen molar-refractivity contribution in [2.45, 2.75) is 31.7 Å². The second-order valence-corrected chi connectivity index (χ2v) is 5.10. The highest BCUT2D eigenvalue weighted by atomic mass is 16.5. The maximum atomic E-state index is 11.6. The number of hydrogen-bond acceptors (Lipinski definition) is 3. The van der Waals surface area contributed by atoms with Crippen molar-refractivity contribution in [3.8, 4) is 0 Å². The Hall–Kier alpha value is -0.810. The monoisotopic (exact) mass is 241 g/mol. The van der Waals surface area contributed by atoms with E-state index < -0.39 is 0 Å². The molecule has 98 valence electrons. The molecule has 4 N–H and O–H groups in total. The highest BCUT2D eigenvalue weighted by molar-refractivity contribution is 5.74. The molecule has 3 atom stereocenters. The Morgan fingerprint density at radius 1 is 1.29 bits per heavy atom. The predicted octanol–water partition coefficient (Wildman–Crippen LogP) is 0.450. The van der Waals surface area contributed by atoms with E-state index in [9.17, 15) is 4.79 Å². The lowest BCUT2D eigenvalue weighted by Crippen LogP contribution is -2.44. The Morgan fingerprint density at radius 2 is 2.12 bits per heavy atom. The van der Waals surface area contributed by atoms with Crippen molar-refractivity contribution in [3.63, 3.8) is 0 Å². The number of ether oxygens (including phenoxy) is 1. The number of urea groups is 1. The summed E-state index contributed by atoms with van der Waals surface area (Å²) in [5.74, 6) is 1.15. The zero-order valence-electron chi connectivity index (χ0n) is 10.3. The van der Waals surface area contributed by atoms with Crippen molar-refractivity contribution in [3.05, 3.63) is 0 Å². The van der Waals surface area contributed by atoms with Gasteiger partial charge < -0.3 is 21.1 Å². The van der Waals surface area contributed by atoms with E-state index in [2.05, 4.69) is 10.6 Å². The number of hydrogen-bond donors (Lipinski definition) is 3. The minimum atomic E-state index is -0.0665. The van der Waals surface area contributed by atoms with Gasteiger partial charge in [0.2, 0.25) is 0 Å². The van der Waals surface area contributed by atoms with Crippen molar-refractivity contribution in [1.82, 2.24) is 10.6 Å². The van der Waals surface area contributed by atoms with Crippen LogP contribution in [0.3, 0.4) is 0 Å². The highest BCUT2D eigenvalue weighted by Gasteiger charge is 2.26. The maximum Gasteiger partial charge on any atom is 0.315 e. The quantitative estimate of drug-likeness (QED) is 0.669. The van der Waals surface area contributed by atoms with Crippen molar-refractivity contribution in [1.29, 1.82) is 0 Å². The van der Waals surface area contributed by atoms with Gasteiger partial charge in [0.15, 0.2) is 0 Å². The van der Waals surface area contributed by atoms with E-state index in [-0.39, 0.29) is 12.1 Å². The van der Waals surface area contributed by atoms with Gasteiger partial charge >= 0.3 is 6.03 Å². The molecule has 2 aliphatic rings. The molecule has 0 radical (unpaired) electrons. The number of nitrogens with one attached hydrogen (secondary N) is 2. The molecule has 2 amide bonds. The summed E-state index contributed by atoms with van der Waals surface area (Å²) in [7, 11) is 0. The molecule has 0 aromatic heterocycles. The summed E-state index contributed by atoms with van der Waals surface area (Å²) in [6.07, 6.45) is 4.56. The number of carbonyl (C=O) groups excluding carboxylic acids is 1. The molecule has 0 aromatic carbocycles. The number of amides is 2. The lowest BCUT2D eigenvalue weighted by molar-refractivity contribution is 0.188. The van der Waals surface area contributed by atoms with E-state index in [0.717, 1.165) is 26.1 Å². The van der Waals surface area contributed by atoms with Gasteiger partial charge in [-0.2, -0.15) is 0 Å². The molecule has 2 fully saturated rings. The summed E-state index contributed by atoms with van der Waals surface area (Å²) < 4.78 is 5.21. The molecular weight excluding hydrogens is 218 g/mol. The summed E-state index contributed by atoms with van der Waals surface area (Å²) in [6, 6.07) is 0.118. The fraction of sp³-hybridized carbons (Fsp3) is 0.917. The molecule has 5 heteroatoms. The molecule has 5 nitrogen and oxygen atoms in total. The molecule has 1 aliphatic heterocycles. The van der Waals surface area contributed by atoms with Crippen LogP contribution in [0.2, 0.25) is 0 Å². The molecule has 17 heavy (non-hydrogen) atoms. The fourth-order valence-corrected chi connectivity index (χ4v) is 2.80. The SMILES string of the molecule is NCC1CCCC1CNC(=O)NC1CCOC1. The lowest BCUT2D eigenvalue weighted by atomic mass is 9.96. The van der Waals surface area contributed by atoms with Crippen LogP contribution in [0.5, 0.6) is 0 Å². The molecule has 1 aliphatic carbocycles. The first-order valence-corrected chi connectivity index (χ1v) is 6.61. The van der Waals surface area contributed by atoms with E-state index in [0.29, 0.717) is 18.4 Å². The minimum absolute atomic E-state index is 0.0665. The number of rotatable bonds is 4. The van der Waals surface area contributed by atoms with Crippen LogP contribution in [0.1, 0.15) is 25.7 Å². The average molecular weight is 241 g/mol. The van der Waals surface area contributed by atoms with Crippen molar-refractivity contribution in [2.24, 2.45) is 17.6 Å². The lowest BCUT2D eigenvalue weighted by Gasteiger charge is -2.19. The van der Waals surface area contributed by atoms with Gasteiger partial charge in [-0.25, -0.2) is 4.79 Å². The molecule has 0 aromatic rings. The average Bonchev–Trinajstić information content (AvgIpc) is 2.96. The van der Waals surface area contributed by atoms with Crippen LogP contribution >= 0.6 is 0 Å². The zero-order valence-corrected chi connectivity index (χ0v) is 10.3. The van der Waals surface area contributed by atoms with Crippen LogP contribution in [0, 0.1) is 11.8 Å². The Labute approximate surface area is 102 Å². The van der Waals surface area contributed by atoms with Crippen LogP contribution in [0.4, 0.5) is 4.79 Å². The number of nitrogens with two attached hydrogens (primary N) is 1. The van der Waals surface area contributed by atoms with Crippen LogP contribution in [0.15, 0.2) is 0 Å². The van der Waals surface area contributed by atoms with Gasteiger partial charge in [0.25, 0.3) is 0 Å². The molecule has 1 heterocycles. The second-order valence-electron chi connectivity index (χ2n) is 5.10. The molecule has 1 saturated carbocycles. The van der Waals surface area contributed by atoms with Crippen molar-refractivity contribution < 1.29 is 9.53 Å². The van der Waals surface area contributed by atoms with Gasteiger partial charge in [0.05, 0.1) is 12.6 Å². The van der Waals surface area contributed by atoms with Crippen LogP contribution < -0.4 is 16.4 Å². The van der Waals surface area contributed by atoms with E-state index >= 15 is 0 Å². The molecule has 1 saturated heterocycles. The van der Waals surface area contributed by atoms with Crippen LogP contribution in [-0.4, -0.2) is 38.4 Å². The van der Waals surface area contributed by atoms with E-state index in [1.807, 2.05) is 0 Å². The van der Waals surface area contributed by atoms with Crippen LogP contribution in [0.25, 0.3) is 0 Å². The second kappa shape index (κ2) is 6.21. The van der Waals surface area contributed by atoms with Gasteiger partial charge in [-0.3, -0.25) is 0 Å². The molecular formula is C12H23N3O2. The Balaban J connectivity index is 1.65. The van der Waals surface area contributed by atoms with Crippen molar-refractivity contribution >= 4 is 6.03 Å². The first-order valence-electron chi connectivity index (χ1n) is 6.61. The standard InChI is InChI=1S/C12H23N3O2/c13-6-9-2-1-3-10(9)7-14-12(16)15-11-4-5-17-8-11/h9-11H,1-8,13H2,(H2,14,15,16). The normalized spacial score (nSPS) is 32.6. The summed E-state index contributed by atoms with van der Waals surface area (Å²) in [5.41, 5.74) is 5.72. The Morgan fingerprint density at radius 3 is 2.82 bits per heavy atom. The topological polar surface area (TPSA) is 76.4 Å². The van der Waals surface area contributed by atoms with E-state index in [4.69, 9.17) is 10.5 Å². The van der Waals surface area contributed by atoms with Gasteiger partial charge in [-0.05, 0) is 37.6 Å². The molecule has 2 rings (SSSR count). The fourth-order valence-electron chi connectivity index (χ4n) is 2.80. The maximum absolute atomic E-state index is 11.6. The summed E-state index contributed by atoms with van der Waals surface area (Å²) in [6.45, 7) is 2.89. The highest BCUT2D eigenvalue weighted by Crippen LogP contribution is 2.30. The third-order valence-corrected chi connectivity index (χ3v) is 3.91. The Bertz CT molecular complexity index is 254.